The predicted molar refractivity (Wildman–Crippen MR) is 91.3 cm³/mol. The Balaban J connectivity index is 1.59. The lowest BCUT2D eigenvalue weighted by molar-refractivity contribution is 0.414. The number of ether oxygens (including phenoxy) is 1. The third-order valence-electron chi connectivity index (χ3n) is 3.65. The van der Waals surface area contributed by atoms with Gasteiger partial charge in [-0.2, -0.15) is 0 Å². The first kappa shape index (κ1) is 15.1. The first-order chi connectivity index (χ1) is 11.2. The fourth-order valence-electron chi connectivity index (χ4n) is 2.31. The molecule has 0 radical (unpaired) electrons. The topological polar surface area (TPSA) is 52.0 Å². The van der Waals surface area contributed by atoms with Crippen molar-refractivity contribution in [3.63, 3.8) is 0 Å². The van der Waals surface area contributed by atoms with Crippen LogP contribution in [0.15, 0.2) is 54.7 Å². The lowest BCUT2D eigenvalue weighted by Gasteiger charge is -2.04. The summed E-state index contributed by atoms with van der Waals surface area (Å²) >= 11 is 0. The van der Waals surface area contributed by atoms with Crippen LogP contribution in [-0.4, -0.2) is 28.6 Å². The second-order valence-corrected chi connectivity index (χ2v) is 5.41. The molecule has 0 fully saturated rings. The highest BCUT2D eigenvalue weighted by atomic mass is 16.5. The molecule has 0 saturated carbocycles. The fourth-order valence-corrected chi connectivity index (χ4v) is 2.31. The number of hydrogen-bond donors (Lipinski definition) is 1. The van der Waals surface area contributed by atoms with Crippen LogP contribution in [0, 0.1) is 6.92 Å². The molecule has 3 aromatic rings. The summed E-state index contributed by atoms with van der Waals surface area (Å²) in [5.41, 5.74) is 3.51. The average molecular weight is 308 g/mol. The van der Waals surface area contributed by atoms with Gasteiger partial charge >= 0.3 is 0 Å². The van der Waals surface area contributed by atoms with Gasteiger partial charge in [0.15, 0.2) is 5.82 Å². The Morgan fingerprint density at radius 2 is 1.96 bits per heavy atom. The molecular weight excluding hydrogens is 288 g/mol. The molecule has 1 aromatic heterocycles. The van der Waals surface area contributed by atoms with E-state index >= 15 is 0 Å². The number of methoxy groups -OCH3 is 1. The SMILES string of the molecule is COc1cccc(-n2cc(NCCc3ccc(C)cc3)nn2)c1. The van der Waals surface area contributed by atoms with Gasteiger partial charge in [-0.05, 0) is 31.0 Å². The fraction of sp³-hybridized carbons (Fsp3) is 0.222. The molecule has 5 nitrogen and oxygen atoms in total. The third-order valence-corrected chi connectivity index (χ3v) is 3.65. The molecule has 0 aliphatic carbocycles. The Bertz CT molecular complexity index is 765. The van der Waals surface area contributed by atoms with Gasteiger partial charge in [0.1, 0.15) is 5.75 Å². The van der Waals surface area contributed by atoms with E-state index in [1.54, 1.807) is 11.8 Å². The van der Waals surface area contributed by atoms with E-state index in [1.165, 1.54) is 11.1 Å². The smallest absolute Gasteiger partial charge is 0.169 e. The molecule has 0 unspecified atom stereocenters. The summed E-state index contributed by atoms with van der Waals surface area (Å²) in [6.45, 7) is 2.92. The highest BCUT2D eigenvalue weighted by Crippen LogP contribution is 2.16. The minimum Gasteiger partial charge on any atom is -0.497 e. The van der Waals surface area contributed by atoms with E-state index in [2.05, 4.69) is 46.8 Å². The van der Waals surface area contributed by atoms with Crippen LogP contribution < -0.4 is 10.1 Å². The summed E-state index contributed by atoms with van der Waals surface area (Å²) in [6, 6.07) is 16.3. The Morgan fingerprint density at radius 3 is 2.74 bits per heavy atom. The average Bonchev–Trinajstić information content (AvgIpc) is 3.06. The van der Waals surface area contributed by atoms with Gasteiger partial charge in [-0.1, -0.05) is 41.1 Å². The van der Waals surface area contributed by atoms with Gasteiger partial charge in [0, 0.05) is 12.6 Å². The molecule has 0 atom stereocenters. The van der Waals surface area contributed by atoms with Gasteiger partial charge < -0.3 is 10.1 Å². The zero-order valence-electron chi connectivity index (χ0n) is 13.4. The third kappa shape index (κ3) is 3.88. The molecule has 0 aliphatic rings. The minimum atomic E-state index is 0.764. The molecule has 5 heteroatoms. The quantitative estimate of drug-likeness (QED) is 0.759. The van der Waals surface area contributed by atoms with Crippen molar-refractivity contribution < 1.29 is 4.74 Å². The van der Waals surface area contributed by atoms with E-state index in [4.69, 9.17) is 4.74 Å². The van der Waals surface area contributed by atoms with Gasteiger partial charge in [-0.15, -0.1) is 5.10 Å². The normalized spacial score (nSPS) is 10.5. The summed E-state index contributed by atoms with van der Waals surface area (Å²) in [7, 11) is 1.65. The largest absolute Gasteiger partial charge is 0.497 e. The zero-order chi connectivity index (χ0) is 16.1. The molecule has 23 heavy (non-hydrogen) atoms. The second-order valence-electron chi connectivity index (χ2n) is 5.41. The molecular formula is C18H20N4O. The lowest BCUT2D eigenvalue weighted by atomic mass is 10.1. The van der Waals surface area contributed by atoms with Crippen LogP contribution >= 0.6 is 0 Å². The van der Waals surface area contributed by atoms with Crippen LogP contribution in [0.4, 0.5) is 5.82 Å². The summed E-state index contributed by atoms with van der Waals surface area (Å²) < 4.78 is 6.96. The molecule has 0 amide bonds. The van der Waals surface area contributed by atoms with E-state index in [0.717, 1.165) is 30.2 Å². The summed E-state index contributed by atoms with van der Waals surface area (Å²) in [5, 5.41) is 11.6. The van der Waals surface area contributed by atoms with Crippen LogP contribution in [0.3, 0.4) is 0 Å². The number of rotatable bonds is 6. The second kappa shape index (κ2) is 6.96. The number of hydrogen-bond acceptors (Lipinski definition) is 4. The van der Waals surface area contributed by atoms with Crippen molar-refractivity contribution in [2.75, 3.05) is 19.0 Å². The standard InChI is InChI=1S/C18H20N4O/c1-14-6-8-15(9-7-14)10-11-19-18-13-22(21-20-18)16-4-3-5-17(12-16)23-2/h3-9,12-13,19H,10-11H2,1-2H3. The van der Waals surface area contributed by atoms with Gasteiger partial charge in [0.2, 0.25) is 0 Å². The maximum Gasteiger partial charge on any atom is 0.169 e. The molecule has 2 aromatic carbocycles. The number of aryl methyl sites for hydroxylation is 1. The highest BCUT2D eigenvalue weighted by Gasteiger charge is 2.03. The number of benzene rings is 2. The van der Waals surface area contributed by atoms with Gasteiger partial charge in [0.05, 0.1) is 19.0 Å². The minimum absolute atomic E-state index is 0.764. The lowest BCUT2D eigenvalue weighted by Crippen LogP contribution is -2.05. The molecule has 1 N–H and O–H groups in total. The van der Waals surface area contributed by atoms with Crippen LogP contribution in [0.1, 0.15) is 11.1 Å². The first-order valence-electron chi connectivity index (χ1n) is 7.61. The van der Waals surface area contributed by atoms with Crippen molar-refractivity contribution in [3.8, 4) is 11.4 Å². The zero-order valence-corrected chi connectivity index (χ0v) is 13.4. The van der Waals surface area contributed by atoms with Crippen molar-refractivity contribution in [2.24, 2.45) is 0 Å². The Labute approximate surface area is 135 Å². The number of anilines is 1. The maximum atomic E-state index is 5.23. The van der Waals surface area contributed by atoms with Crippen molar-refractivity contribution >= 4 is 5.82 Å². The van der Waals surface area contributed by atoms with Gasteiger partial charge in [-0.3, -0.25) is 0 Å². The Morgan fingerprint density at radius 1 is 1.13 bits per heavy atom. The molecule has 0 spiro atoms. The Hall–Kier alpha value is -2.82. The molecule has 118 valence electrons. The van der Waals surface area contributed by atoms with Gasteiger partial charge in [0.25, 0.3) is 0 Å². The molecule has 0 bridgehead atoms. The van der Waals surface area contributed by atoms with E-state index in [9.17, 15) is 0 Å². The van der Waals surface area contributed by atoms with Crippen molar-refractivity contribution in [3.05, 3.63) is 65.9 Å². The number of nitrogens with zero attached hydrogens (tertiary/aromatic N) is 3. The molecule has 3 rings (SSSR count). The number of nitrogens with one attached hydrogen (secondary N) is 1. The summed E-state index contributed by atoms with van der Waals surface area (Å²) in [4.78, 5) is 0. The maximum absolute atomic E-state index is 5.23. The van der Waals surface area contributed by atoms with Gasteiger partial charge in [-0.25, -0.2) is 4.68 Å². The summed E-state index contributed by atoms with van der Waals surface area (Å²) in [5.74, 6) is 1.56. The monoisotopic (exact) mass is 308 g/mol. The van der Waals surface area contributed by atoms with Crippen molar-refractivity contribution in [2.45, 2.75) is 13.3 Å². The molecule has 1 heterocycles. The van der Waals surface area contributed by atoms with Crippen molar-refractivity contribution in [1.29, 1.82) is 0 Å². The molecule has 0 saturated heterocycles. The molecule has 0 aliphatic heterocycles. The van der Waals surface area contributed by atoms with Crippen molar-refractivity contribution in [1.82, 2.24) is 15.0 Å². The van der Waals surface area contributed by atoms with Crippen LogP contribution in [0.5, 0.6) is 5.75 Å². The van der Waals surface area contributed by atoms with Crippen LogP contribution in [-0.2, 0) is 6.42 Å². The van der Waals surface area contributed by atoms with E-state index < -0.39 is 0 Å². The van der Waals surface area contributed by atoms with E-state index in [-0.39, 0.29) is 0 Å². The van der Waals surface area contributed by atoms with Crippen LogP contribution in [0.2, 0.25) is 0 Å². The Kier molecular flexibility index (Phi) is 4.57. The van der Waals surface area contributed by atoms with Crippen LogP contribution in [0.25, 0.3) is 5.69 Å². The number of aromatic nitrogens is 3. The van der Waals surface area contributed by atoms with E-state index in [0.29, 0.717) is 0 Å². The summed E-state index contributed by atoms with van der Waals surface area (Å²) in [6.07, 6.45) is 2.83. The highest BCUT2D eigenvalue weighted by molar-refractivity contribution is 5.41. The van der Waals surface area contributed by atoms with E-state index in [1.807, 2.05) is 30.5 Å². The first-order valence-corrected chi connectivity index (χ1v) is 7.61. The predicted octanol–water partition coefficient (Wildman–Crippen LogP) is 3.24.